The summed E-state index contributed by atoms with van der Waals surface area (Å²) < 4.78 is 0. The van der Waals surface area contributed by atoms with Crippen LogP contribution in [0.4, 0.5) is 5.13 Å². The first-order chi connectivity index (χ1) is 10.3. The quantitative estimate of drug-likeness (QED) is 0.915. The van der Waals surface area contributed by atoms with Gasteiger partial charge in [0.15, 0.2) is 5.13 Å². The lowest BCUT2D eigenvalue weighted by Gasteiger charge is -2.35. The molecule has 5 heteroatoms. The maximum atomic E-state index is 6.30. The van der Waals surface area contributed by atoms with Crippen LogP contribution in [-0.2, 0) is 6.42 Å². The zero-order chi connectivity index (χ0) is 14.5. The van der Waals surface area contributed by atoms with Crippen molar-refractivity contribution in [3.63, 3.8) is 0 Å². The average Bonchev–Trinajstić information content (AvgIpc) is 3.03. The van der Waals surface area contributed by atoms with Gasteiger partial charge in [-0.05, 0) is 12.0 Å². The first-order valence-electron chi connectivity index (χ1n) is 7.47. The molecule has 1 aromatic heterocycles. The monoisotopic (exact) mass is 302 g/mol. The fourth-order valence-electron chi connectivity index (χ4n) is 2.81. The number of rotatable bonds is 5. The van der Waals surface area contributed by atoms with E-state index in [1.807, 2.05) is 17.6 Å². The molecule has 1 fully saturated rings. The lowest BCUT2D eigenvalue weighted by atomic mass is 10.1. The van der Waals surface area contributed by atoms with E-state index < -0.39 is 0 Å². The van der Waals surface area contributed by atoms with Crippen LogP contribution in [0.2, 0.25) is 0 Å². The van der Waals surface area contributed by atoms with Crippen molar-refractivity contribution in [3.8, 4) is 0 Å². The molecule has 1 unspecified atom stereocenters. The number of aromatic nitrogens is 1. The summed E-state index contributed by atoms with van der Waals surface area (Å²) in [6, 6.07) is 10.7. The molecule has 2 N–H and O–H groups in total. The van der Waals surface area contributed by atoms with Crippen molar-refractivity contribution in [3.05, 3.63) is 47.5 Å². The van der Waals surface area contributed by atoms with Crippen molar-refractivity contribution in [2.45, 2.75) is 12.5 Å². The Morgan fingerprint density at radius 3 is 2.57 bits per heavy atom. The van der Waals surface area contributed by atoms with Gasteiger partial charge in [0, 0.05) is 50.3 Å². The molecule has 0 spiro atoms. The van der Waals surface area contributed by atoms with E-state index in [1.54, 1.807) is 11.3 Å². The van der Waals surface area contributed by atoms with E-state index in [0.29, 0.717) is 0 Å². The van der Waals surface area contributed by atoms with Crippen LogP contribution in [-0.4, -0.2) is 48.6 Å². The third-order valence-corrected chi connectivity index (χ3v) is 4.73. The maximum absolute atomic E-state index is 6.30. The molecule has 1 saturated heterocycles. The van der Waals surface area contributed by atoms with Crippen LogP contribution in [0, 0.1) is 0 Å². The largest absolute Gasteiger partial charge is 0.346 e. The molecule has 2 heterocycles. The second-order valence-corrected chi connectivity index (χ2v) is 6.43. The van der Waals surface area contributed by atoms with Gasteiger partial charge in [0.25, 0.3) is 0 Å². The van der Waals surface area contributed by atoms with Crippen LogP contribution < -0.4 is 10.6 Å². The van der Waals surface area contributed by atoms with Crippen molar-refractivity contribution < 1.29 is 0 Å². The molecule has 112 valence electrons. The minimum atomic E-state index is 0.207. The number of thiazole rings is 1. The van der Waals surface area contributed by atoms with E-state index in [9.17, 15) is 0 Å². The molecule has 0 aliphatic carbocycles. The highest BCUT2D eigenvalue weighted by molar-refractivity contribution is 7.13. The third-order valence-electron chi connectivity index (χ3n) is 3.90. The van der Waals surface area contributed by atoms with Crippen LogP contribution in [0.15, 0.2) is 41.9 Å². The molecule has 21 heavy (non-hydrogen) atoms. The minimum Gasteiger partial charge on any atom is -0.346 e. The Morgan fingerprint density at radius 1 is 1.14 bits per heavy atom. The summed E-state index contributed by atoms with van der Waals surface area (Å²) in [7, 11) is 0. The summed E-state index contributed by atoms with van der Waals surface area (Å²) in [5, 5.41) is 3.18. The Morgan fingerprint density at radius 2 is 1.90 bits per heavy atom. The predicted octanol–water partition coefficient (Wildman–Crippen LogP) is 1.84. The number of piperazine rings is 1. The van der Waals surface area contributed by atoms with E-state index in [0.717, 1.165) is 44.3 Å². The van der Waals surface area contributed by atoms with Gasteiger partial charge in [-0.1, -0.05) is 30.3 Å². The van der Waals surface area contributed by atoms with Crippen LogP contribution >= 0.6 is 11.3 Å². The lowest BCUT2D eigenvalue weighted by Crippen LogP contribution is -2.50. The molecule has 0 bridgehead atoms. The van der Waals surface area contributed by atoms with Crippen LogP contribution in [0.3, 0.4) is 0 Å². The van der Waals surface area contributed by atoms with Crippen molar-refractivity contribution in [1.82, 2.24) is 9.88 Å². The Balaban J connectivity index is 1.45. The number of benzene rings is 1. The molecule has 0 saturated carbocycles. The van der Waals surface area contributed by atoms with Gasteiger partial charge in [-0.15, -0.1) is 11.3 Å². The number of hydrogen-bond acceptors (Lipinski definition) is 5. The topological polar surface area (TPSA) is 45.4 Å². The summed E-state index contributed by atoms with van der Waals surface area (Å²) in [5.41, 5.74) is 7.63. The van der Waals surface area contributed by atoms with E-state index in [-0.39, 0.29) is 6.04 Å². The van der Waals surface area contributed by atoms with Gasteiger partial charge in [0.1, 0.15) is 0 Å². The average molecular weight is 302 g/mol. The molecular weight excluding hydrogens is 280 g/mol. The van der Waals surface area contributed by atoms with Gasteiger partial charge >= 0.3 is 0 Å². The molecule has 1 atom stereocenters. The molecule has 0 radical (unpaired) electrons. The minimum absolute atomic E-state index is 0.207. The van der Waals surface area contributed by atoms with E-state index in [1.165, 1.54) is 5.56 Å². The molecule has 1 aliphatic rings. The Bertz CT molecular complexity index is 520. The van der Waals surface area contributed by atoms with Gasteiger partial charge in [0.05, 0.1) is 0 Å². The number of hydrogen-bond donors (Lipinski definition) is 1. The second-order valence-electron chi connectivity index (χ2n) is 5.55. The van der Waals surface area contributed by atoms with Crippen LogP contribution in [0.1, 0.15) is 5.56 Å². The van der Waals surface area contributed by atoms with Gasteiger partial charge in [-0.3, -0.25) is 4.90 Å². The first kappa shape index (κ1) is 14.5. The van der Waals surface area contributed by atoms with Gasteiger partial charge in [0.2, 0.25) is 0 Å². The van der Waals surface area contributed by atoms with Gasteiger partial charge in [-0.2, -0.15) is 0 Å². The summed E-state index contributed by atoms with van der Waals surface area (Å²) >= 11 is 1.72. The molecular formula is C16H22N4S. The lowest BCUT2D eigenvalue weighted by molar-refractivity contribution is 0.242. The van der Waals surface area contributed by atoms with Gasteiger partial charge < -0.3 is 10.6 Å². The van der Waals surface area contributed by atoms with E-state index in [4.69, 9.17) is 5.73 Å². The molecule has 1 aliphatic heterocycles. The highest BCUT2D eigenvalue weighted by Gasteiger charge is 2.20. The van der Waals surface area contributed by atoms with E-state index in [2.05, 4.69) is 39.0 Å². The van der Waals surface area contributed by atoms with E-state index >= 15 is 0 Å². The highest BCUT2D eigenvalue weighted by Crippen LogP contribution is 2.18. The Hall–Kier alpha value is -1.43. The van der Waals surface area contributed by atoms with Crippen LogP contribution in [0.25, 0.3) is 0 Å². The molecule has 0 amide bonds. The molecule has 2 aromatic rings. The smallest absolute Gasteiger partial charge is 0.185 e. The zero-order valence-electron chi connectivity index (χ0n) is 12.2. The standard InChI is InChI=1S/C16H22N4S/c17-15(12-14-4-2-1-3-5-14)13-19-7-9-20(10-8-19)16-18-6-11-21-16/h1-6,11,15H,7-10,12-13,17H2. The number of anilines is 1. The van der Waals surface area contributed by atoms with Crippen molar-refractivity contribution in [2.75, 3.05) is 37.6 Å². The summed E-state index contributed by atoms with van der Waals surface area (Å²) in [4.78, 5) is 9.22. The normalized spacial score (nSPS) is 17.9. The Labute approximate surface area is 130 Å². The van der Waals surface area contributed by atoms with Crippen molar-refractivity contribution in [2.24, 2.45) is 5.73 Å². The molecule has 3 rings (SSSR count). The summed E-state index contributed by atoms with van der Waals surface area (Å²) in [6.45, 7) is 5.21. The summed E-state index contributed by atoms with van der Waals surface area (Å²) in [6.07, 6.45) is 2.83. The second kappa shape index (κ2) is 7.02. The number of nitrogens with zero attached hydrogens (tertiary/aromatic N) is 3. The fraction of sp³-hybridized carbons (Fsp3) is 0.438. The number of nitrogens with two attached hydrogens (primary N) is 1. The van der Waals surface area contributed by atoms with Gasteiger partial charge in [-0.25, -0.2) is 4.98 Å². The predicted molar refractivity (Wildman–Crippen MR) is 88.9 cm³/mol. The maximum Gasteiger partial charge on any atom is 0.185 e. The molecule has 1 aromatic carbocycles. The van der Waals surface area contributed by atoms with Crippen molar-refractivity contribution >= 4 is 16.5 Å². The van der Waals surface area contributed by atoms with Crippen LogP contribution in [0.5, 0.6) is 0 Å². The van der Waals surface area contributed by atoms with Crippen molar-refractivity contribution in [1.29, 1.82) is 0 Å². The zero-order valence-corrected chi connectivity index (χ0v) is 13.0. The third kappa shape index (κ3) is 4.03. The molecule has 4 nitrogen and oxygen atoms in total. The first-order valence-corrected chi connectivity index (χ1v) is 8.35. The highest BCUT2D eigenvalue weighted by atomic mass is 32.1. The Kier molecular flexibility index (Phi) is 4.85. The SMILES string of the molecule is NC(Cc1ccccc1)CN1CCN(c2nccs2)CC1. The summed E-state index contributed by atoms with van der Waals surface area (Å²) in [5.74, 6) is 0. The fourth-order valence-corrected chi connectivity index (χ4v) is 3.50.